The molecular formula is C25H34N4O3. The number of aromatic nitrogens is 2. The van der Waals surface area contributed by atoms with Gasteiger partial charge < -0.3 is 14.6 Å². The topological polar surface area (TPSA) is 78.5 Å². The number of amides is 1. The van der Waals surface area contributed by atoms with Crippen LogP contribution >= 0.6 is 0 Å². The fourth-order valence-electron chi connectivity index (χ4n) is 4.91. The highest BCUT2D eigenvalue weighted by atomic mass is 16.5. The quantitative estimate of drug-likeness (QED) is 0.719. The number of ether oxygens (including phenoxy) is 1. The molecular weight excluding hydrogens is 404 g/mol. The number of methoxy groups -OCH3 is 1. The minimum atomic E-state index is -0.0149. The predicted octanol–water partition coefficient (Wildman–Crippen LogP) is 3.09. The lowest BCUT2D eigenvalue weighted by atomic mass is 10.0. The van der Waals surface area contributed by atoms with Crippen molar-refractivity contribution in [2.75, 3.05) is 26.7 Å². The van der Waals surface area contributed by atoms with Crippen LogP contribution in [0, 0.1) is 5.92 Å². The Balaban J connectivity index is 1.46. The normalized spacial score (nSPS) is 18.8. The van der Waals surface area contributed by atoms with E-state index < -0.39 is 0 Å². The summed E-state index contributed by atoms with van der Waals surface area (Å²) in [4.78, 5) is 37.8. The van der Waals surface area contributed by atoms with E-state index in [1.165, 1.54) is 5.56 Å². The van der Waals surface area contributed by atoms with Crippen LogP contribution in [0.15, 0.2) is 29.1 Å². The lowest BCUT2D eigenvalue weighted by Gasteiger charge is -2.28. The zero-order chi connectivity index (χ0) is 22.7. The molecule has 2 aromatic rings. The second kappa shape index (κ2) is 9.86. The standard InChI is InChI=1S/C25H34N4O3/c1-4-18(5-2)25(31)29-13-10-19(15-29)23-26-22-16-28(12-11-21(22)24(30)27-23)14-17-6-8-20(32-3)9-7-17/h6-9,18-19H,4-5,10-16H2,1-3H3,(H,26,27,30)/t19-/m0/s1. The molecule has 1 aromatic heterocycles. The largest absolute Gasteiger partial charge is 0.497 e. The van der Waals surface area contributed by atoms with E-state index in [-0.39, 0.29) is 23.3 Å². The van der Waals surface area contributed by atoms with Crippen LogP contribution < -0.4 is 10.3 Å². The summed E-state index contributed by atoms with van der Waals surface area (Å²) in [6, 6.07) is 8.11. The molecule has 0 unspecified atom stereocenters. The number of fused-ring (bicyclic) bond motifs is 1. The Bertz CT molecular complexity index is 997. The molecule has 172 valence electrons. The molecule has 0 saturated carbocycles. The van der Waals surface area contributed by atoms with Crippen LogP contribution in [0.4, 0.5) is 0 Å². The summed E-state index contributed by atoms with van der Waals surface area (Å²) in [5, 5.41) is 0. The Morgan fingerprint density at radius 3 is 2.66 bits per heavy atom. The molecule has 1 fully saturated rings. The van der Waals surface area contributed by atoms with Crippen molar-refractivity contribution in [1.82, 2.24) is 19.8 Å². The minimum Gasteiger partial charge on any atom is -0.497 e. The molecule has 7 nitrogen and oxygen atoms in total. The highest BCUT2D eigenvalue weighted by molar-refractivity contribution is 5.79. The van der Waals surface area contributed by atoms with E-state index in [2.05, 4.69) is 35.9 Å². The first-order valence-corrected chi connectivity index (χ1v) is 11.8. The molecule has 7 heteroatoms. The van der Waals surface area contributed by atoms with Crippen molar-refractivity contribution in [2.45, 2.75) is 58.5 Å². The van der Waals surface area contributed by atoms with Gasteiger partial charge in [-0.2, -0.15) is 0 Å². The fourth-order valence-corrected chi connectivity index (χ4v) is 4.91. The highest BCUT2D eigenvalue weighted by Crippen LogP contribution is 2.28. The van der Waals surface area contributed by atoms with E-state index >= 15 is 0 Å². The molecule has 3 heterocycles. The van der Waals surface area contributed by atoms with Gasteiger partial charge >= 0.3 is 0 Å². The molecule has 4 rings (SSSR count). The Hall–Kier alpha value is -2.67. The van der Waals surface area contributed by atoms with Gasteiger partial charge in [0.15, 0.2) is 0 Å². The number of benzene rings is 1. The van der Waals surface area contributed by atoms with Crippen molar-refractivity contribution in [2.24, 2.45) is 5.92 Å². The monoisotopic (exact) mass is 438 g/mol. The molecule has 0 spiro atoms. The van der Waals surface area contributed by atoms with Crippen molar-refractivity contribution >= 4 is 5.91 Å². The van der Waals surface area contributed by atoms with Gasteiger partial charge in [-0.05, 0) is 43.4 Å². The Morgan fingerprint density at radius 2 is 1.97 bits per heavy atom. The van der Waals surface area contributed by atoms with Gasteiger partial charge in [-0.3, -0.25) is 14.5 Å². The van der Waals surface area contributed by atoms with Crippen molar-refractivity contribution in [3.63, 3.8) is 0 Å². The minimum absolute atomic E-state index is 0.0149. The summed E-state index contributed by atoms with van der Waals surface area (Å²) < 4.78 is 5.24. The van der Waals surface area contributed by atoms with Crippen LogP contribution in [0.1, 0.15) is 61.7 Å². The Labute approximate surface area is 189 Å². The number of nitrogens with zero attached hydrogens (tertiary/aromatic N) is 3. The molecule has 1 N–H and O–H groups in total. The number of aromatic amines is 1. The van der Waals surface area contributed by atoms with Crippen molar-refractivity contribution in [3.05, 3.63) is 57.3 Å². The SMILES string of the molecule is CCC(CC)C(=O)N1CC[C@H](c2nc3c(c(=O)[nH]2)CCN(Cc2ccc(OC)cc2)C3)C1. The van der Waals surface area contributed by atoms with E-state index in [4.69, 9.17) is 9.72 Å². The number of H-pyrrole nitrogens is 1. The van der Waals surface area contributed by atoms with Crippen molar-refractivity contribution < 1.29 is 9.53 Å². The molecule has 0 bridgehead atoms. The average molecular weight is 439 g/mol. The molecule has 0 radical (unpaired) electrons. The first kappa shape index (κ1) is 22.5. The van der Waals surface area contributed by atoms with E-state index in [0.29, 0.717) is 19.5 Å². The number of hydrogen-bond acceptors (Lipinski definition) is 5. The number of carbonyl (C=O) groups excluding carboxylic acids is 1. The summed E-state index contributed by atoms with van der Waals surface area (Å²) in [6.07, 6.45) is 3.30. The summed E-state index contributed by atoms with van der Waals surface area (Å²) in [6.45, 7) is 7.84. The lowest BCUT2D eigenvalue weighted by molar-refractivity contribution is -0.134. The maximum absolute atomic E-state index is 12.8. The molecule has 0 aliphatic carbocycles. The summed E-state index contributed by atoms with van der Waals surface area (Å²) in [5.74, 6) is 2.02. The first-order valence-electron chi connectivity index (χ1n) is 11.8. The predicted molar refractivity (Wildman–Crippen MR) is 124 cm³/mol. The van der Waals surface area contributed by atoms with Crippen molar-refractivity contribution in [1.29, 1.82) is 0 Å². The third-order valence-corrected chi connectivity index (χ3v) is 6.96. The van der Waals surface area contributed by atoms with Crippen LogP contribution in [-0.2, 0) is 24.3 Å². The van der Waals surface area contributed by atoms with Crippen LogP contribution in [-0.4, -0.2) is 52.4 Å². The molecule has 1 amide bonds. The van der Waals surface area contributed by atoms with Crippen LogP contribution in [0.2, 0.25) is 0 Å². The van der Waals surface area contributed by atoms with Crippen LogP contribution in [0.3, 0.4) is 0 Å². The van der Waals surface area contributed by atoms with E-state index in [1.807, 2.05) is 17.0 Å². The molecule has 2 aliphatic heterocycles. The molecule has 2 aliphatic rings. The van der Waals surface area contributed by atoms with Crippen LogP contribution in [0.5, 0.6) is 5.75 Å². The van der Waals surface area contributed by atoms with E-state index in [0.717, 1.165) is 61.7 Å². The second-order valence-electron chi connectivity index (χ2n) is 8.97. The van der Waals surface area contributed by atoms with Gasteiger partial charge in [-0.1, -0.05) is 26.0 Å². The third-order valence-electron chi connectivity index (χ3n) is 6.96. The second-order valence-corrected chi connectivity index (χ2v) is 8.97. The molecule has 1 aromatic carbocycles. The third kappa shape index (κ3) is 4.72. The lowest BCUT2D eigenvalue weighted by Crippen LogP contribution is -2.36. The van der Waals surface area contributed by atoms with Gasteiger partial charge in [0, 0.05) is 50.1 Å². The molecule has 1 atom stereocenters. The number of nitrogens with one attached hydrogen (secondary N) is 1. The zero-order valence-electron chi connectivity index (χ0n) is 19.4. The number of likely N-dealkylation sites (tertiary alicyclic amines) is 1. The zero-order valence-corrected chi connectivity index (χ0v) is 19.4. The van der Waals surface area contributed by atoms with Gasteiger partial charge in [-0.25, -0.2) is 4.98 Å². The number of rotatable bonds is 7. The fraction of sp³-hybridized carbons (Fsp3) is 0.560. The summed E-state index contributed by atoms with van der Waals surface area (Å²) in [7, 11) is 1.67. The highest BCUT2D eigenvalue weighted by Gasteiger charge is 2.32. The van der Waals surface area contributed by atoms with Crippen LogP contribution in [0.25, 0.3) is 0 Å². The average Bonchev–Trinajstić information content (AvgIpc) is 3.30. The van der Waals surface area contributed by atoms with E-state index in [9.17, 15) is 9.59 Å². The Kier molecular flexibility index (Phi) is 6.94. The summed E-state index contributed by atoms with van der Waals surface area (Å²) >= 11 is 0. The summed E-state index contributed by atoms with van der Waals surface area (Å²) in [5.41, 5.74) is 2.89. The number of carbonyl (C=O) groups is 1. The molecule has 1 saturated heterocycles. The van der Waals surface area contributed by atoms with Gasteiger partial charge in [-0.15, -0.1) is 0 Å². The van der Waals surface area contributed by atoms with Crippen molar-refractivity contribution in [3.8, 4) is 5.75 Å². The van der Waals surface area contributed by atoms with Gasteiger partial charge in [0.1, 0.15) is 11.6 Å². The smallest absolute Gasteiger partial charge is 0.254 e. The van der Waals surface area contributed by atoms with Gasteiger partial charge in [0.05, 0.1) is 12.8 Å². The maximum atomic E-state index is 12.8. The maximum Gasteiger partial charge on any atom is 0.254 e. The number of hydrogen-bond donors (Lipinski definition) is 1. The Morgan fingerprint density at radius 1 is 1.22 bits per heavy atom. The first-order chi connectivity index (χ1) is 15.5. The van der Waals surface area contributed by atoms with Gasteiger partial charge in [0.25, 0.3) is 5.56 Å². The van der Waals surface area contributed by atoms with E-state index in [1.54, 1.807) is 7.11 Å². The molecule has 32 heavy (non-hydrogen) atoms. The van der Waals surface area contributed by atoms with Gasteiger partial charge in [0.2, 0.25) is 5.91 Å².